The second-order valence-electron chi connectivity index (χ2n) is 6.65. The Balaban J connectivity index is 1.47. The van der Waals surface area contributed by atoms with E-state index in [4.69, 9.17) is 15.2 Å². The van der Waals surface area contributed by atoms with Crippen LogP contribution in [0, 0.1) is 0 Å². The van der Waals surface area contributed by atoms with Gasteiger partial charge in [-0.1, -0.05) is 36.4 Å². The zero-order valence-electron chi connectivity index (χ0n) is 16.6. The lowest BCUT2D eigenvalue weighted by atomic mass is 10.0. The first-order valence-corrected chi connectivity index (χ1v) is 9.39. The van der Waals surface area contributed by atoms with Gasteiger partial charge >= 0.3 is 6.09 Å². The molecule has 1 amide bonds. The van der Waals surface area contributed by atoms with E-state index in [-0.39, 0.29) is 18.8 Å². The van der Waals surface area contributed by atoms with Crippen LogP contribution < -0.4 is 15.8 Å². The molecule has 0 atom stereocenters. The minimum absolute atomic E-state index is 0.0369. The summed E-state index contributed by atoms with van der Waals surface area (Å²) in [7, 11) is 1.58. The number of nitrogens with zero attached hydrogens (tertiary/aromatic N) is 1. The molecule has 3 aromatic rings. The van der Waals surface area contributed by atoms with E-state index >= 15 is 0 Å². The van der Waals surface area contributed by atoms with Crippen molar-refractivity contribution in [2.75, 3.05) is 12.8 Å². The maximum absolute atomic E-state index is 12.4. The summed E-state index contributed by atoms with van der Waals surface area (Å²) in [6.45, 7) is 0.442. The molecule has 7 nitrogen and oxygen atoms in total. The molecule has 3 N–H and O–H groups in total. The van der Waals surface area contributed by atoms with Crippen LogP contribution in [0.25, 0.3) is 0 Å². The molecule has 1 aromatic heterocycles. The van der Waals surface area contributed by atoms with Gasteiger partial charge in [0.2, 0.25) is 0 Å². The number of nitrogens with one attached hydrogen (secondary N) is 1. The first-order valence-electron chi connectivity index (χ1n) is 9.39. The summed E-state index contributed by atoms with van der Waals surface area (Å²) < 4.78 is 10.4. The van der Waals surface area contributed by atoms with Crippen molar-refractivity contribution in [1.82, 2.24) is 10.3 Å². The van der Waals surface area contributed by atoms with E-state index in [9.17, 15) is 9.59 Å². The first-order chi connectivity index (χ1) is 14.5. The molecular weight excluding hydrogens is 382 g/mol. The standard InChI is InChI=1S/C23H23N3O4/c1-29-20-4-2-3-17(11-20)15-30-23(28)26-13-16-5-7-18(8-6-16)22(27)12-19-9-10-25-14-21(19)24/h2-11,14H,12-13,15,24H2,1H3,(H,26,28). The lowest BCUT2D eigenvalue weighted by Crippen LogP contribution is -2.23. The van der Waals surface area contributed by atoms with Crippen LogP contribution in [0.5, 0.6) is 5.75 Å². The molecule has 7 heteroatoms. The third-order valence-electron chi connectivity index (χ3n) is 4.51. The Morgan fingerprint density at radius 3 is 2.60 bits per heavy atom. The molecule has 0 saturated heterocycles. The summed E-state index contributed by atoms with van der Waals surface area (Å²) in [6, 6.07) is 16.1. The molecule has 0 bridgehead atoms. The molecule has 1 heterocycles. The van der Waals surface area contributed by atoms with E-state index in [0.717, 1.165) is 16.7 Å². The van der Waals surface area contributed by atoms with Crippen LogP contribution in [0.15, 0.2) is 67.0 Å². The minimum Gasteiger partial charge on any atom is -0.497 e. The highest BCUT2D eigenvalue weighted by Crippen LogP contribution is 2.15. The Morgan fingerprint density at radius 2 is 1.87 bits per heavy atom. The van der Waals surface area contributed by atoms with E-state index < -0.39 is 6.09 Å². The Hall–Kier alpha value is -3.87. The Kier molecular flexibility index (Phi) is 7.00. The molecule has 0 radical (unpaired) electrons. The molecule has 0 unspecified atom stereocenters. The largest absolute Gasteiger partial charge is 0.497 e. The highest BCUT2D eigenvalue weighted by atomic mass is 16.5. The van der Waals surface area contributed by atoms with Gasteiger partial charge in [-0.2, -0.15) is 0 Å². The highest BCUT2D eigenvalue weighted by Gasteiger charge is 2.10. The van der Waals surface area contributed by atoms with E-state index in [2.05, 4.69) is 10.3 Å². The molecule has 154 valence electrons. The quantitative estimate of drug-likeness (QED) is 0.556. The molecule has 30 heavy (non-hydrogen) atoms. The maximum atomic E-state index is 12.4. The van der Waals surface area contributed by atoms with Gasteiger partial charge in [0.15, 0.2) is 5.78 Å². The number of rotatable bonds is 8. The summed E-state index contributed by atoms with van der Waals surface area (Å²) >= 11 is 0. The molecule has 2 aromatic carbocycles. The second kappa shape index (κ2) is 10.1. The van der Waals surface area contributed by atoms with Gasteiger partial charge in [0.25, 0.3) is 0 Å². The third kappa shape index (κ3) is 5.81. The molecule has 0 aliphatic rings. The summed E-state index contributed by atoms with van der Waals surface area (Å²) in [5.74, 6) is 0.669. The van der Waals surface area contributed by atoms with Crippen LogP contribution in [0.4, 0.5) is 10.5 Å². The number of methoxy groups -OCH3 is 1. The molecule has 0 aliphatic heterocycles. The number of carbonyl (C=O) groups excluding carboxylic acids is 2. The van der Waals surface area contributed by atoms with Gasteiger partial charge in [-0.05, 0) is 34.9 Å². The van der Waals surface area contributed by atoms with Gasteiger partial charge in [-0.3, -0.25) is 9.78 Å². The zero-order chi connectivity index (χ0) is 21.3. The predicted molar refractivity (Wildman–Crippen MR) is 113 cm³/mol. The van der Waals surface area contributed by atoms with E-state index in [1.54, 1.807) is 43.6 Å². The summed E-state index contributed by atoms with van der Waals surface area (Å²) in [6.07, 6.45) is 2.83. The fourth-order valence-electron chi connectivity index (χ4n) is 2.82. The van der Waals surface area contributed by atoms with Crippen molar-refractivity contribution in [3.05, 3.63) is 89.2 Å². The molecule has 0 fully saturated rings. The van der Waals surface area contributed by atoms with Crippen molar-refractivity contribution >= 4 is 17.6 Å². The number of anilines is 1. The van der Waals surface area contributed by atoms with Crippen molar-refractivity contribution in [2.24, 2.45) is 0 Å². The average molecular weight is 405 g/mol. The van der Waals surface area contributed by atoms with E-state index in [1.807, 2.05) is 24.3 Å². The van der Waals surface area contributed by atoms with Crippen LogP contribution in [0.1, 0.15) is 27.0 Å². The predicted octanol–water partition coefficient (Wildman–Crippen LogP) is 3.52. The third-order valence-corrected chi connectivity index (χ3v) is 4.51. The fourth-order valence-corrected chi connectivity index (χ4v) is 2.82. The van der Waals surface area contributed by atoms with Gasteiger partial charge in [0, 0.05) is 24.7 Å². The van der Waals surface area contributed by atoms with Crippen molar-refractivity contribution < 1.29 is 19.1 Å². The number of nitrogens with two attached hydrogens (primary N) is 1. The second-order valence-corrected chi connectivity index (χ2v) is 6.65. The zero-order valence-corrected chi connectivity index (χ0v) is 16.6. The topological polar surface area (TPSA) is 104 Å². The van der Waals surface area contributed by atoms with Crippen LogP contribution in [-0.4, -0.2) is 24.0 Å². The molecular formula is C23H23N3O4. The number of Topliss-reactive ketones (excluding diaryl/α,β-unsaturated/α-hetero) is 1. The number of amides is 1. The van der Waals surface area contributed by atoms with Gasteiger partial charge in [-0.25, -0.2) is 4.79 Å². The number of hydrogen-bond acceptors (Lipinski definition) is 6. The number of pyridine rings is 1. The SMILES string of the molecule is COc1cccc(COC(=O)NCc2ccc(C(=O)Cc3ccncc3N)cc2)c1. The number of ketones is 1. The first kappa shape index (κ1) is 20.9. The maximum Gasteiger partial charge on any atom is 0.407 e. The van der Waals surface area contributed by atoms with Crippen molar-refractivity contribution in [3.63, 3.8) is 0 Å². The van der Waals surface area contributed by atoms with Gasteiger partial charge in [-0.15, -0.1) is 0 Å². The minimum atomic E-state index is -0.522. The summed E-state index contributed by atoms with van der Waals surface area (Å²) in [4.78, 5) is 28.3. The molecule has 0 aliphatic carbocycles. The van der Waals surface area contributed by atoms with Crippen molar-refractivity contribution in [2.45, 2.75) is 19.6 Å². The van der Waals surface area contributed by atoms with E-state index in [0.29, 0.717) is 23.5 Å². The number of hydrogen-bond donors (Lipinski definition) is 2. The lowest BCUT2D eigenvalue weighted by Gasteiger charge is -2.09. The normalized spacial score (nSPS) is 10.3. The fraction of sp³-hybridized carbons (Fsp3) is 0.174. The molecule has 0 spiro atoms. The number of alkyl carbamates (subject to hydrolysis) is 1. The number of nitrogen functional groups attached to an aromatic ring is 1. The van der Waals surface area contributed by atoms with Crippen LogP contribution >= 0.6 is 0 Å². The van der Waals surface area contributed by atoms with Crippen molar-refractivity contribution in [1.29, 1.82) is 0 Å². The van der Waals surface area contributed by atoms with Crippen LogP contribution in [0.2, 0.25) is 0 Å². The number of aromatic nitrogens is 1. The van der Waals surface area contributed by atoms with Crippen LogP contribution in [0.3, 0.4) is 0 Å². The van der Waals surface area contributed by atoms with E-state index in [1.165, 1.54) is 6.20 Å². The summed E-state index contributed by atoms with van der Waals surface area (Å²) in [5, 5.41) is 2.69. The van der Waals surface area contributed by atoms with Gasteiger partial charge in [0.05, 0.1) is 19.0 Å². The smallest absolute Gasteiger partial charge is 0.407 e. The Morgan fingerprint density at radius 1 is 1.07 bits per heavy atom. The lowest BCUT2D eigenvalue weighted by molar-refractivity contribution is 0.0993. The number of carbonyl (C=O) groups is 2. The van der Waals surface area contributed by atoms with Gasteiger partial charge < -0.3 is 20.5 Å². The Bertz CT molecular complexity index is 1020. The van der Waals surface area contributed by atoms with Crippen molar-refractivity contribution in [3.8, 4) is 5.75 Å². The highest BCUT2D eigenvalue weighted by molar-refractivity contribution is 5.98. The van der Waals surface area contributed by atoms with Crippen LogP contribution in [-0.2, 0) is 24.3 Å². The Labute approximate surface area is 174 Å². The molecule has 3 rings (SSSR count). The number of benzene rings is 2. The number of ether oxygens (including phenoxy) is 2. The van der Waals surface area contributed by atoms with Gasteiger partial charge in [0.1, 0.15) is 12.4 Å². The average Bonchev–Trinajstić information content (AvgIpc) is 2.78. The molecule has 0 saturated carbocycles. The summed E-state index contributed by atoms with van der Waals surface area (Å²) in [5.41, 5.74) is 9.36. The monoisotopic (exact) mass is 405 g/mol.